The Morgan fingerprint density at radius 2 is 1.76 bits per heavy atom. The van der Waals surface area contributed by atoms with Crippen LogP contribution in [0.25, 0.3) is 0 Å². The number of nitrogens with zero attached hydrogens (tertiary/aromatic N) is 3. The summed E-state index contributed by atoms with van der Waals surface area (Å²) in [5, 5.41) is 3.37. The van der Waals surface area contributed by atoms with Crippen LogP contribution in [0.3, 0.4) is 0 Å². The second-order valence-electron chi connectivity index (χ2n) is 8.17. The molecule has 9 nitrogen and oxygen atoms in total. The maximum atomic E-state index is 14.0. The highest BCUT2D eigenvalue weighted by molar-refractivity contribution is 6.08. The van der Waals surface area contributed by atoms with Gasteiger partial charge in [0.25, 0.3) is 11.8 Å². The second-order valence-corrected chi connectivity index (χ2v) is 8.17. The molecule has 2 N–H and O–H groups in total. The Balaban J connectivity index is 1.33. The highest BCUT2D eigenvalue weighted by atomic mass is 19.1. The molecule has 10 heteroatoms. The molecule has 2 saturated heterocycles. The topological polar surface area (TPSA) is 94.2 Å². The summed E-state index contributed by atoms with van der Waals surface area (Å²) in [7, 11) is 1.54. The molecule has 2 aromatic rings. The summed E-state index contributed by atoms with van der Waals surface area (Å²) in [5.74, 6) is -0.700. The van der Waals surface area contributed by atoms with E-state index < -0.39 is 23.4 Å². The lowest BCUT2D eigenvalue weighted by molar-refractivity contribution is -0.139. The molecule has 2 aliphatic heterocycles. The van der Waals surface area contributed by atoms with Gasteiger partial charge in [-0.25, -0.2) is 9.18 Å². The highest BCUT2D eigenvalue weighted by Gasteiger charge is 2.50. The molecule has 0 spiro atoms. The van der Waals surface area contributed by atoms with E-state index >= 15 is 0 Å². The molecule has 2 heterocycles. The standard InChI is InChI=1S/C23H26FN5O4/c1-23(16-7-9-17(33-2)10-8-16)21(31)29(22(32)25-23)26-20(30)15-27-11-13-28(14-12-27)19-6-4-3-5-18(19)24/h3-10H,11-15H2,1-2H3,(H,25,32)(H,26,30). The van der Waals surface area contributed by atoms with Crippen molar-refractivity contribution in [3.8, 4) is 5.75 Å². The maximum absolute atomic E-state index is 14.0. The van der Waals surface area contributed by atoms with Crippen molar-refractivity contribution in [2.45, 2.75) is 12.5 Å². The van der Waals surface area contributed by atoms with E-state index in [1.165, 1.54) is 13.2 Å². The van der Waals surface area contributed by atoms with Gasteiger partial charge in [-0.1, -0.05) is 24.3 Å². The van der Waals surface area contributed by atoms with Gasteiger partial charge < -0.3 is 15.0 Å². The molecule has 2 fully saturated rings. The lowest BCUT2D eigenvalue weighted by atomic mass is 9.92. The van der Waals surface area contributed by atoms with Gasteiger partial charge in [0.1, 0.15) is 17.1 Å². The van der Waals surface area contributed by atoms with Gasteiger partial charge in [0.2, 0.25) is 0 Å². The number of amides is 4. The van der Waals surface area contributed by atoms with Crippen molar-refractivity contribution in [3.63, 3.8) is 0 Å². The first-order valence-electron chi connectivity index (χ1n) is 10.6. The van der Waals surface area contributed by atoms with Crippen molar-refractivity contribution in [1.82, 2.24) is 20.7 Å². The Labute approximate surface area is 191 Å². The fraction of sp³-hybridized carbons (Fsp3) is 0.348. The van der Waals surface area contributed by atoms with Crippen LogP contribution in [0.1, 0.15) is 12.5 Å². The van der Waals surface area contributed by atoms with Crippen LogP contribution < -0.4 is 20.4 Å². The average Bonchev–Trinajstić information content (AvgIpc) is 3.04. The van der Waals surface area contributed by atoms with Crippen molar-refractivity contribution in [2.24, 2.45) is 0 Å². The number of halogens is 1. The third-order valence-electron chi connectivity index (χ3n) is 6.03. The number of hydrogen-bond acceptors (Lipinski definition) is 6. The van der Waals surface area contributed by atoms with Crippen molar-refractivity contribution in [2.75, 3.05) is 44.7 Å². The second kappa shape index (κ2) is 9.07. The van der Waals surface area contributed by atoms with Gasteiger partial charge >= 0.3 is 6.03 Å². The molecular weight excluding hydrogens is 429 g/mol. The molecule has 174 valence electrons. The quantitative estimate of drug-likeness (QED) is 0.641. The number of rotatable bonds is 6. The van der Waals surface area contributed by atoms with E-state index in [9.17, 15) is 18.8 Å². The number of methoxy groups -OCH3 is 1. The summed E-state index contributed by atoms with van der Waals surface area (Å²) >= 11 is 0. The van der Waals surface area contributed by atoms with Crippen molar-refractivity contribution in [1.29, 1.82) is 0 Å². The first-order chi connectivity index (χ1) is 15.8. The van der Waals surface area contributed by atoms with Crippen molar-refractivity contribution < 1.29 is 23.5 Å². The molecular formula is C23H26FN5O4. The predicted molar refractivity (Wildman–Crippen MR) is 119 cm³/mol. The van der Waals surface area contributed by atoms with Crippen LogP contribution in [0, 0.1) is 5.82 Å². The molecule has 0 radical (unpaired) electrons. The maximum Gasteiger partial charge on any atom is 0.344 e. The van der Waals surface area contributed by atoms with Crippen molar-refractivity contribution >= 4 is 23.5 Å². The molecule has 2 aromatic carbocycles. The van der Waals surface area contributed by atoms with Crippen LogP contribution in [-0.4, -0.2) is 67.6 Å². The minimum absolute atomic E-state index is 0.0153. The van der Waals surface area contributed by atoms with Gasteiger partial charge in [0, 0.05) is 26.2 Å². The molecule has 0 aliphatic carbocycles. The Kier molecular flexibility index (Phi) is 6.19. The van der Waals surface area contributed by atoms with Gasteiger partial charge in [-0.05, 0) is 36.8 Å². The largest absolute Gasteiger partial charge is 0.497 e. The van der Waals surface area contributed by atoms with E-state index in [0.29, 0.717) is 43.2 Å². The van der Waals surface area contributed by atoms with Gasteiger partial charge in [-0.15, -0.1) is 0 Å². The van der Waals surface area contributed by atoms with E-state index in [4.69, 9.17) is 4.74 Å². The minimum atomic E-state index is -1.30. The summed E-state index contributed by atoms with van der Waals surface area (Å²) in [4.78, 5) is 41.9. The Morgan fingerprint density at radius 3 is 2.39 bits per heavy atom. The number of carbonyl (C=O) groups is 3. The van der Waals surface area contributed by atoms with Gasteiger partial charge in [-0.3, -0.25) is 19.9 Å². The molecule has 0 saturated carbocycles. The number of imide groups is 1. The molecule has 0 bridgehead atoms. The lowest BCUT2D eigenvalue weighted by Gasteiger charge is -2.35. The zero-order valence-corrected chi connectivity index (χ0v) is 18.5. The number of benzene rings is 2. The fourth-order valence-electron chi connectivity index (χ4n) is 4.08. The zero-order chi connectivity index (χ0) is 23.6. The van der Waals surface area contributed by atoms with E-state index in [1.54, 1.807) is 49.4 Å². The van der Waals surface area contributed by atoms with Crippen LogP contribution in [0.15, 0.2) is 48.5 Å². The summed E-state index contributed by atoms with van der Waals surface area (Å²) in [6.45, 7) is 3.82. The fourth-order valence-corrected chi connectivity index (χ4v) is 4.08. The number of hydrazine groups is 1. The Morgan fingerprint density at radius 1 is 1.09 bits per heavy atom. The van der Waals surface area contributed by atoms with Crippen LogP contribution in [0.4, 0.5) is 14.9 Å². The first kappa shape index (κ1) is 22.5. The number of urea groups is 1. The number of carbonyl (C=O) groups excluding carboxylic acids is 3. The first-order valence-corrected chi connectivity index (χ1v) is 10.6. The average molecular weight is 455 g/mol. The number of piperazine rings is 1. The zero-order valence-electron chi connectivity index (χ0n) is 18.5. The third-order valence-corrected chi connectivity index (χ3v) is 6.03. The Hall–Kier alpha value is -3.66. The van der Waals surface area contributed by atoms with E-state index in [2.05, 4.69) is 10.7 Å². The van der Waals surface area contributed by atoms with Gasteiger partial charge in [0.05, 0.1) is 19.3 Å². The Bertz CT molecular complexity index is 1060. The smallest absolute Gasteiger partial charge is 0.344 e. The molecule has 2 aliphatic rings. The van der Waals surface area contributed by atoms with Crippen LogP contribution in [0.5, 0.6) is 5.75 Å². The van der Waals surface area contributed by atoms with Crippen LogP contribution in [-0.2, 0) is 15.1 Å². The van der Waals surface area contributed by atoms with Crippen LogP contribution in [0.2, 0.25) is 0 Å². The molecule has 33 heavy (non-hydrogen) atoms. The normalized spacial score (nSPS) is 21.2. The van der Waals surface area contributed by atoms with Gasteiger partial charge in [-0.2, -0.15) is 5.01 Å². The molecule has 0 aromatic heterocycles. The number of hydrogen-bond donors (Lipinski definition) is 2. The number of ether oxygens (including phenoxy) is 1. The molecule has 1 unspecified atom stereocenters. The highest BCUT2D eigenvalue weighted by Crippen LogP contribution is 2.29. The van der Waals surface area contributed by atoms with E-state index in [0.717, 1.165) is 5.01 Å². The van der Waals surface area contributed by atoms with E-state index in [-0.39, 0.29) is 12.4 Å². The minimum Gasteiger partial charge on any atom is -0.497 e. The third kappa shape index (κ3) is 4.47. The number of nitrogens with one attached hydrogen (secondary N) is 2. The van der Waals surface area contributed by atoms with Crippen LogP contribution >= 0.6 is 0 Å². The summed E-state index contributed by atoms with van der Waals surface area (Å²) in [6.07, 6.45) is 0. The molecule has 4 amide bonds. The predicted octanol–water partition coefficient (Wildman–Crippen LogP) is 1.45. The summed E-state index contributed by atoms with van der Waals surface area (Å²) < 4.78 is 19.1. The monoisotopic (exact) mass is 455 g/mol. The SMILES string of the molecule is COc1ccc(C2(C)NC(=O)N(NC(=O)CN3CCN(c4ccccc4F)CC3)C2=O)cc1. The number of anilines is 1. The molecule has 1 atom stereocenters. The lowest BCUT2D eigenvalue weighted by Crippen LogP contribution is -2.53. The van der Waals surface area contributed by atoms with Gasteiger partial charge in [0.15, 0.2) is 0 Å². The number of para-hydroxylation sites is 1. The molecule has 4 rings (SSSR count). The summed E-state index contributed by atoms with van der Waals surface area (Å²) in [6, 6.07) is 12.7. The van der Waals surface area contributed by atoms with E-state index in [1.807, 2.05) is 9.80 Å². The van der Waals surface area contributed by atoms with Crippen molar-refractivity contribution in [3.05, 3.63) is 59.9 Å². The summed E-state index contributed by atoms with van der Waals surface area (Å²) in [5.41, 5.74) is 2.23.